The van der Waals surface area contributed by atoms with Crippen LogP contribution in [0, 0.1) is 0 Å². The maximum absolute atomic E-state index is 12.3. The van der Waals surface area contributed by atoms with Crippen LogP contribution in [-0.4, -0.2) is 28.2 Å². The minimum absolute atomic E-state index is 0.214. The van der Waals surface area contributed by atoms with Crippen LogP contribution in [-0.2, 0) is 6.54 Å². The highest BCUT2D eigenvalue weighted by molar-refractivity contribution is 7.13. The zero-order valence-electron chi connectivity index (χ0n) is 12.2. The molecule has 0 aliphatic rings. The van der Waals surface area contributed by atoms with Gasteiger partial charge in [-0.25, -0.2) is 4.98 Å². The van der Waals surface area contributed by atoms with E-state index in [9.17, 15) is 4.79 Å². The van der Waals surface area contributed by atoms with Crippen molar-refractivity contribution in [3.05, 3.63) is 52.1 Å². The number of methoxy groups -OCH3 is 1. The molecule has 118 valence electrons. The number of thiophene rings is 1. The van der Waals surface area contributed by atoms with Crippen LogP contribution in [0.2, 0.25) is 5.02 Å². The smallest absolute Gasteiger partial charge is 0.256 e. The number of H-pyrrole nitrogens is 1. The molecular formula is C15H13ClN4O2S. The molecule has 0 saturated heterocycles. The average molecular weight is 349 g/mol. The van der Waals surface area contributed by atoms with Crippen LogP contribution in [0.4, 0.5) is 0 Å². The number of carbonyl (C=O) groups is 1. The number of aromatic nitrogens is 3. The van der Waals surface area contributed by atoms with Crippen LogP contribution in [0.1, 0.15) is 16.2 Å². The predicted molar refractivity (Wildman–Crippen MR) is 88.9 cm³/mol. The fraction of sp³-hybridized carbons (Fsp3) is 0.133. The maximum atomic E-state index is 12.3. The van der Waals surface area contributed by atoms with Crippen LogP contribution in [0.5, 0.6) is 5.75 Å². The Morgan fingerprint density at radius 2 is 2.26 bits per heavy atom. The summed E-state index contributed by atoms with van der Waals surface area (Å²) in [5.74, 6) is 1.26. The Morgan fingerprint density at radius 1 is 1.39 bits per heavy atom. The van der Waals surface area contributed by atoms with Gasteiger partial charge in [-0.3, -0.25) is 9.89 Å². The molecule has 3 rings (SSSR count). The van der Waals surface area contributed by atoms with Gasteiger partial charge in [-0.1, -0.05) is 23.7 Å². The minimum atomic E-state index is -0.332. The first-order chi connectivity index (χ1) is 11.2. The lowest BCUT2D eigenvalue weighted by atomic mass is 10.2. The number of carbonyl (C=O) groups excluding carboxylic acids is 1. The van der Waals surface area contributed by atoms with Crippen molar-refractivity contribution in [2.75, 3.05) is 7.11 Å². The molecule has 23 heavy (non-hydrogen) atoms. The van der Waals surface area contributed by atoms with E-state index in [-0.39, 0.29) is 12.5 Å². The topological polar surface area (TPSA) is 79.9 Å². The first-order valence-electron chi connectivity index (χ1n) is 6.75. The van der Waals surface area contributed by atoms with Crippen molar-refractivity contribution in [2.45, 2.75) is 6.54 Å². The van der Waals surface area contributed by atoms with E-state index in [2.05, 4.69) is 20.5 Å². The summed E-state index contributed by atoms with van der Waals surface area (Å²) in [5, 5.41) is 12.0. The van der Waals surface area contributed by atoms with Crippen LogP contribution >= 0.6 is 22.9 Å². The van der Waals surface area contributed by atoms with Crippen molar-refractivity contribution in [1.29, 1.82) is 0 Å². The minimum Gasteiger partial charge on any atom is -0.496 e. The molecule has 2 aromatic heterocycles. The van der Waals surface area contributed by atoms with Crippen molar-refractivity contribution < 1.29 is 9.53 Å². The van der Waals surface area contributed by atoms with Crippen molar-refractivity contribution in [1.82, 2.24) is 20.5 Å². The van der Waals surface area contributed by atoms with Crippen molar-refractivity contribution in [3.8, 4) is 16.5 Å². The van der Waals surface area contributed by atoms with Gasteiger partial charge in [0.1, 0.15) is 11.6 Å². The third-order valence-electron chi connectivity index (χ3n) is 3.11. The molecule has 1 amide bonds. The zero-order chi connectivity index (χ0) is 16.2. The Kier molecular flexibility index (Phi) is 4.59. The van der Waals surface area contributed by atoms with Gasteiger partial charge in [0, 0.05) is 0 Å². The number of rotatable bonds is 5. The summed E-state index contributed by atoms with van der Waals surface area (Å²) in [7, 11) is 1.49. The normalized spacial score (nSPS) is 10.5. The van der Waals surface area contributed by atoms with Gasteiger partial charge in [0.15, 0.2) is 5.82 Å². The van der Waals surface area contributed by atoms with E-state index in [4.69, 9.17) is 16.3 Å². The second kappa shape index (κ2) is 6.80. The summed E-state index contributed by atoms with van der Waals surface area (Å²) < 4.78 is 5.17. The molecule has 0 fully saturated rings. The largest absolute Gasteiger partial charge is 0.496 e. The van der Waals surface area contributed by atoms with E-state index in [1.807, 2.05) is 17.5 Å². The highest BCUT2D eigenvalue weighted by atomic mass is 35.5. The van der Waals surface area contributed by atoms with Crippen LogP contribution in [0.15, 0.2) is 35.7 Å². The molecule has 2 N–H and O–H groups in total. The van der Waals surface area contributed by atoms with Gasteiger partial charge in [0.25, 0.3) is 5.91 Å². The molecule has 1 aromatic carbocycles. The molecular weight excluding hydrogens is 336 g/mol. The second-order valence-corrected chi connectivity index (χ2v) is 5.94. The number of ether oxygens (including phenoxy) is 1. The van der Waals surface area contributed by atoms with Gasteiger partial charge in [-0.2, -0.15) is 5.10 Å². The summed E-state index contributed by atoms with van der Waals surface area (Å²) in [6, 6.07) is 8.92. The Labute approximate surface area is 141 Å². The Bertz CT molecular complexity index is 817. The number of nitrogens with zero attached hydrogens (tertiary/aromatic N) is 2. The summed E-state index contributed by atoms with van der Waals surface area (Å²) >= 11 is 7.63. The first kappa shape index (κ1) is 15.5. The van der Waals surface area contributed by atoms with E-state index < -0.39 is 0 Å². The van der Waals surface area contributed by atoms with Crippen molar-refractivity contribution in [3.63, 3.8) is 0 Å². The highest BCUT2D eigenvalue weighted by Gasteiger charge is 2.16. The van der Waals surface area contributed by atoms with Crippen LogP contribution in [0.3, 0.4) is 0 Å². The number of hydrogen-bond donors (Lipinski definition) is 2. The first-order valence-corrected chi connectivity index (χ1v) is 8.00. The molecule has 0 saturated carbocycles. The summed E-state index contributed by atoms with van der Waals surface area (Å²) in [6.07, 6.45) is 0. The van der Waals surface area contributed by atoms with Crippen LogP contribution < -0.4 is 10.1 Å². The van der Waals surface area contributed by atoms with Crippen LogP contribution in [0.25, 0.3) is 10.7 Å². The molecule has 0 aliphatic carbocycles. The number of hydrogen-bond acceptors (Lipinski definition) is 5. The summed E-state index contributed by atoms with van der Waals surface area (Å²) in [4.78, 5) is 17.6. The molecule has 3 aromatic rings. The number of aromatic amines is 1. The Hall–Kier alpha value is -2.38. The zero-order valence-corrected chi connectivity index (χ0v) is 13.7. The van der Waals surface area contributed by atoms with Gasteiger partial charge >= 0.3 is 0 Å². The fourth-order valence-electron chi connectivity index (χ4n) is 2.04. The quantitative estimate of drug-likeness (QED) is 0.742. The summed E-state index contributed by atoms with van der Waals surface area (Å²) in [6.45, 7) is 0.214. The third kappa shape index (κ3) is 3.35. The lowest BCUT2D eigenvalue weighted by molar-refractivity contribution is 0.0947. The summed E-state index contributed by atoms with van der Waals surface area (Å²) in [5.41, 5.74) is 0.301. The van der Waals surface area contributed by atoms with E-state index in [1.165, 1.54) is 7.11 Å². The van der Waals surface area contributed by atoms with E-state index in [0.717, 1.165) is 4.88 Å². The van der Waals surface area contributed by atoms with Gasteiger partial charge in [0.05, 0.1) is 29.1 Å². The molecule has 0 unspecified atom stereocenters. The predicted octanol–water partition coefficient (Wildman–Crippen LogP) is 3.13. The second-order valence-electron chi connectivity index (χ2n) is 4.58. The molecule has 8 heteroatoms. The molecule has 0 radical (unpaired) electrons. The molecule has 0 aliphatic heterocycles. The average Bonchev–Trinajstić information content (AvgIpc) is 3.23. The van der Waals surface area contributed by atoms with E-state index in [1.54, 1.807) is 29.5 Å². The monoisotopic (exact) mass is 348 g/mol. The van der Waals surface area contributed by atoms with Gasteiger partial charge in [-0.05, 0) is 23.6 Å². The van der Waals surface area contributed by atoms with Gasteiger partial charge in [0.2, 0.25) is 0 Å². The SMILES string of the molecule is COc1cccc(Cl)c1C(=O)NCc1nc(-c2cccs2)n[nH]1. The van der Waals surface area contributed by atoms with Crippen molar-refractivity contribution >= 4 is 28.8 Å². The molecule has 0 bridgehead atoms. The Balaban J connectivity index is 1.70. The fourth-order valence-corrected chi connectivity index (χ4v) is 2.95. The number of halogens is 1. The highest BCUT2D eigenvalue weighted by Crippen LogP contribution is 2.26. The van der Waals surface area contributed by atoms with Gasteiger partial charge in [-0.15, -0.1) is 11.3 Å². The van der Waals surface area contributed by atoms with E-state index >= 15 is 0 Å². The molecule has 6 nitrogen and oxygen atoms in total. The molecule has 0 spiro atoms. The maximum Gasteiger partial charge on any atom is 0.256 e. The lowest BCUT2D eigenvalue weighted by Crippen LogP contribution is -2.24. The lowest BCUT2D eigenvalue weighted by Gasteiger charge is -2.09. The Morgan fingerprint density at radius 3 is 3.00 bits per heavy atom. The number of nitrogens with one attached hydrogen (secondary N) is 2. The number of benzene rings is 1. The standard InChI is InChI=1S/C15H13ClN4O2S/c1-22-10-5-2-4-9(16)13(10)15(21)17-8-12-18-14(20-19-12)11-6-3-7-23-11/h2-7H,8H2,1H3,(H,17,21)(H,18,19,20). The van der Waals surface area contributed by atoms with E-state index in [0.29, 0.717) is 28.0 Å². The molecule has 2 heterocycles. The number of amides is 1. The van der Waals surface area contributed by atoms with Crippen molar-refractivity contribution in [2.24, 2.45) is 0 Å². The van der Waals surface area contributed by atoms with Gasteiger partial charge < -0.3 is 10.1 Å². The molecule has 0 atom stereocenters. The third-order valence-corrected chi connectivity index (χ3v) is 4.29.